The molecule has 0 amide bonds. The molecule has 4 N–H and O–H groups in total. The first-order chi connectivity index (χ1) is 25.0. The fraction of sp³-hybridized carbons (Fsp3) is 0.750. The Hall–Kier alpha value is -2.11. The van der Waals surface area contributed by atoms with Crippen molar-refractivity contribution in [3.63, 3.8) is 0 Å². The van der Waals surface area contributed by atoms with E-state index in [4.69, 9.17) is 19.1 Å². The maximum absolute atomic E-state index is 12.5. The third-order valence-corrected chi connectivity index (χ3v) is 8.97. The van der Waals surface area contributed by atoms with Gasteiger partial charge in [0.1, 0.15) is 12.7 Å². The molecule has 0 spiro atoms. The van der Waals surface area contributed by atoms with E-state index < -0.39 is 51.8 Å². The molecule has 0 saturated carbocycles. The van der Waals surface area contributed by atoms with Crippen LogP contribution in [0.1, 0.15) is 143 Å². The van der Waals surface area contributed by atoms with Gasteiger partial charge in [0.15, 0.2) is 6.10 Å². The minimum Gasteiger partial charge on any atom is -0.462 e. The molecule has 0 saturated heterocycles. The molecular formula is C40H71O11P. The lowest BCUT2D eigenvalue weighted by Crippen LogP contribution is -2.29. The first-order valence-corrected chi connectivity index (χ1v) is 21.1. The van der Waals surface area contributed by atoms with Crippen molar-refractivity contribution in [1.29, 1.82) is 0 Å². The van der Waals surface area contributed by atoms with Crippen molar-refractivity contribution in [2.75, 3.05) is 26.4 Å². The van der Waals surface area contributed by atoms with E-state index in [1.807, 2.05) is 36.5 Å². The summed E-state index contributed by atoms with van der Waals surface area (Å²) in [6, 6.07) is 0. The van der Waals surface area contributed by atoms with Gasteiger partial charge < -0.3 is 29.7 Å². The molecule has 0 aliphatic heterocycles. The van der Waals surface area contributed by atoms with Gasteiger partial charge in [-0.1, -0.05) is 140 Å². The summed E-state index contributed by atoms with van der Waals surface area (Å²) in [6.45, 7) is 4.41. The van der Waals surface area contributed by atoms with Crippen LogP contribution in [0.4, 0.5) is 0 Å². The summed E-state index contributed by atoms with van der Waals surface area (Å²) in [5.41, 5.74) is 0. The number of carbonyl (C=O) groups excluding carboxylic acids is 2. The van der Waals surface area contributed by atoms with Crippen molar-refractivity contribution in [3.8, 4) is 0 Å². The van der Waals surface area contributed by atoms with Gasteiger partial charge in [0.25, 0.3) is 0 Å². The largest absolute Gasteiger partial charge is 0.472 e. The number of hydrogen-bond donors (Lipinski definition) is 4. The molecule has 0 aromatic carbocycles. The van der Waals surface area contributed by atoms with Crippen molar-refractivity contribution < 1.29 is 52.9 Å². The number of phosphoric acid groups is 1. The summed E-state index contributed by atoms with van der Waals surface area (Å²) >= 11 is 0. The van der Waals surface area contributed by atoms with Crippen molar-refractivity contribution in [3.05, 3.63) is 48.6 Å². The van der Waals surface area contributed by atoms with Crippen LogP contribution < -0.4 is 0 Å². The number of rotatable bonds is 35. The molecule has 1 unspecified atom stereocenters. The lowest BCUT2D eigenvalue weighted by Gasteiger charge is -2.20. The number of hydrogen-bond acceptors (Lipinski definition) is 10. The van der Waals surface area contributed by atoms with Crippen LogP contribution in [0.15, 0.2) is 48.6 Å². The minimum atomic E-state index is -4.63. The molecule has 0 heterocycles. The van der Waals surface area contributed by atoms with Gasteiger partial charge in [-0.3, -0.25) is 18.6 Å². The monoisotopic (exact) mass is 758 g/mol. The first-order valence-electron chi connectivity index (χ1n) is 19.6. The van der Waals surface area contributed by atoms with Gasteiger partial charge in [-0.25, -0.2) is 4.57 Å². The van der Waals surface area contributed by atoms with Crippen LogP contribution >= 0.6 is 7.82 Å². The first kappa shape index (κ1) is 49.9. The maximum atomic E-state index is 12.5. The van der Waals surface area contributed by atoms with Crippen molar-refractivity contribution >= 4 is 19.8 Å². The Labute approximate surface area is 314 Å². The molecule has 0 bridgehead atoms. The summed E-state index contributed by atoms with van der Waals surface area (Å²) < 4.78 is 32.5. The average molecular weight is 759 g/mol. The van der Waals surface area contributed by atoms with E-state index in [9.17, 15) is 29.3 Å². The zero-order valence-corrected chi connectivity index (χ0v) is 33.2. The molecule has 0 rings (SSSR count). The Bertz CT molecular complexity index is 1040. The molecule has 302 valence electrons. The highest BCUT2D eigenvalue weighted by atomic mass is 31.2. The summed E-state index contributed by atoms with van der Waals surface area (Å²) in [6.07, 6.45) is 30.0. The summed E-state index contributed by atoms with van der Waals surface area (Å²) in [4.78, 5) is 34.8. The Kier molecular flexibility index (Phi) is 33.2. The third-order valence-electron chi connectivity index (χ3n) is 8.02. The van der Waals surface area contributed by atoms with Gasteiger partial charge in [-0.15, -0.1) is 0 Å². The fourth-order valence-corrected chi connectivity index (χ4v) is 5.72. The molecule has 0 aromatic heterocycles. The molecule has 0 aromatic rings. The zero-order valence-electron chi connectivity index (χ0n) is 32.3. The molecule has 12 heteroatoms. The lowest BCUT2D eigenvalue weighted by atomic mass is 10.0. The van der Waals surface area contributed by atoms with E-state index >= 15 is 0 Å². The number of phosphoric ester groups is 1. The zero-order chi connectivity index (χ0) is 38.7. The Morgan fingerprint density at radius 1 is 0.692 bits per heavy atom. The maximum Gasteiger partial charge on any atom is 0.472 e. The average Bonchev–Trinajstić information content (AvgIpc) is 3.11. The minimum absolute atomic E-state index is 0.145. The fourth-order valence-electron chi connectivity index (χ4n) is 4.93. The van der Waals surface area contributed by atoms with Crippen molar-refractivity contribution in [1.82, 2.24) is 0 Å². The molecule has 0 aliphatic carbocycles. The van der Waals surface area contributed by atoms with Crippen LogP contribution in [0.3, 0.4) is 0 Å². The van der Waals surface area contributed by atoms with E-state index in [1.54, 1.807) is 0 Å². The van der Waals surface area contributed by atoms with E-state index in [2.05, 4.69) is 37.4 Å². The van der Waals surface area contributed by atoms with Crippen LogP contribution in [0.25, 0.3) is 0 Å². The van der Waals surface area contributed by atoms with Crippen LogP contribution in [0, 0.1) is 5.92 Å². The smallest absolute Gasteiger partial charge is 0.462 e. The standard InChI is InChI=1S/C40H71O11P/c1-4-5-21-27-36(42)28-23-18-14-9-7-6-8-10-15-19-24-29-39(44)48-33-38(34-50-52(46,47)49-32-37(43)31-41)51-40(45)30-25-20-16-12-11-13-17-22-26-35(2)3/h6-7,10,14-15,18,23,28,35-38,41-43H,4-5,8-9,11-13,16-17,19-22,24-27,29-34H2,1-3H3,(H,46,47)/b7-6-,15-10-,18-14-,28-23+/t36-,37+,38-/m1/s1. The molecule has 52 heavy (non-hydrogen) atoms. The van der Waals surface area contributed by atoms with E-state index in [0.29, 0.717) is 19.3 Å². The van der Waals surface area contributed by atoms with Crippen molar-refractivity contribution in [2.45, 2.75) is 161 Å². The number of esters is 2. The molecule has 0 fully saturated rings. The highest BCUT2D eigenvalue weighted by molar-refractivity contribution is 7.47. The third kappa shape index (κ3) is 34.9. The summed E-state index contributed by atoms with van der Waals surface area (Å²) in [5.74, 6) is -0.276. The number of aliphatic hydroxyl groups is 3. The number of allylic oxidation sites excluding steroid dienone is 7. The molecule has 0 aliphatic rings. The van der Waals surface area contributed by atoms with E-state index in [1.165, 1.54) is 32.1 Å². The van der Waals surface area contributed by atoms with Gasteiger partial charge in [0.2, 0.25) is 0 Å². The van der Waals surface area contributed by atoms with Gasteiger partial charge in [0.05, 0.1) is 25.9 Å². The highest BCUT2D eigenvalue weighted by Crippen LogP contribution is 2.43. The summed E-state index contributed by atoms with van der Waals surface area (Å²) in [5, 5.41) is 28.1. The Morgan fingerprint density at radius 2 is 1.29 bits per heavy atom. The predicted octanol–water partition coefficient (Wildman–Crippen LogP) is 8.60. The van der Waals surface area contributed by atoms with Gasteiger partial charge in [0, 0.05) is 12.8 Å². The molecule has 4 atom stereocenters. The van der Waals surface area contributed by atoms with Crippen LogP contribution in [-0.2, 0) is 32.7 Å². The topological polar surface area (TPSA) is 169 Å². The normalized spacial score (nSPS) is 15.2. The Balaban J connectivity index is 4.49. The highest BCUT2D eigenvalue weighted by Gasteiger charge is 2.27. The van der Waals surface area contributed by atoms with Gasteiger partial charge >= 0.3 is 19.8 Å². The van der Waals surface area contributed by atoms with Crippen LogP contribution in [0.5, 0.6) is 0 Å². The Morgan fingerprint density at radius 3 is 1.96 bits per heavy atom. The van der Waals surface area contributed by atoms with E-state index in [-0.39, 0.29) is 25.6 Å². The van der Waals surface area contributed by atoms with Gasteiger partial charge in [-0.05, 0) is 44.4 Å². The molecule has 11 nitrogen and oxygen atoms in total. The summed E-state index contributed by atoms with van der Waals surface area (Å²) in [7, 11) is -4.63. The van der Waals surface area contributed by atoms with Crippen molar-refractivity contribution in [2.24, 2.45) is 5.92 Å². The SMILES string of the molecule is CCCCC[C@@H](O)/C=C/C=C\C/C=C\C/C=C\CCCC(=O)OC[C@H](COP(=O)(O)OC[C@@H](O)CO)OC(=O)CCCCCCCCCCC(C)C. The number of unbranched alkanes of at least 4 members (excludes halogenated alkanes) is 10. The number of ether oxygens (including phenoxy) is 2. The second kappa shape index (κ2) is 34.6. The van der Waals surface area contributed by atoms with E-state index in [0.717, 1.165) is 63.7 Å². The quantitative estimate of drug-likeness (QED) is 0.0161. The second-order valence-electron chi connectivity index (χ2n) is 13.6. The van der Waals surface area contributed by atoms with Crippen LogP contribution in [-0.4, -0.2) is 76.9 Å². The number of aliphatic hydroxyl groups excluding tert-OH is 3. The van der Waals surface area contributed by atoms with Crippen LogP contribution in [0.2, 0.25) is 0 Å². The number of carbonyl (C=O) groups is 2. The predicted molar refractivity (Wildman–Crippen MR) is 206 cm³/mol. The molecular weight excluding hydrogens is 687 g/mol. The lowest BCUT2D eigenvalue weighted by molar-refractivity contribution is -0.161. The molecule has 0 radical (unpaired) electrons. The van der Waals surface area contributed by atoms with Gasteiger partial charge in [-0.2, -0.15) is 0 Å². The second-order valence-corrected chi connectivity index (χ2v) is 15.1.